The molecule has 0 aliphatic carbocycles. The second kappa shape index (κ2) is 12.0. The van der Waals surface area contributed by atoms with Gasteiger partial charge in [0.1, 0.15) is 18.7 Å². The molecule has 0 unspecified atom stereocenters. The van der Waals surface area contributed by atoms with Gasteiger partial charge in [0.05, 0.1) is 0 Å². The number of hydrogen-bond donors (Lipinski definition) is 2. The number of nitrogens with zero attached hydrogens (tertiary/aromatic N) is 7. The maximum Gasteiger partial charge on any atom is 0.231 e. The van der Waals surface area contributed by atoms with E-state index in [1.54, 1.807) is 6.33 Å². The molecule has 0 saturated carbocycles. The Kier molecular flexibility index (Phi) is 7.71. The Bertz CT molecular complexity index is 1320. The standard InChI is InChI=1S/C29H33N9O/c1-2-5-22(6-3-1)17-23-18-31-28(32-19-23)37-13-15-38(16-14-37)29-34-21-33-27(36-29)35-24-8-10-26(11-9-24)39-20-25-7-4-12-30-25/h1-3,5-6,8-11,18-19,21,25,30H,4,7,12-17,20H2,(H,33,34,35,36)/t25-/m0/s1. The molecule has 0 spiro atoms. The van der Waals surface area contributed by atoms with Crippen molar-refractivity contribution < 1.29 is 4.74 Å². The number of anilines is 4. The molecule has 0 radical (unpaired) electrons. The fourth-order valence-corrected chi connectivity index (χ4v) is 4.90. The number of nitrogens with one attached hydrogen (secondary N) is 2. The van der Waals surface area contributed by atoms with Gasteiger partial charge in [0.2, 0.25) is 17.8 Å². The first kappa shape index (κ1) is 25.0. The van der Waals surface area contributed by atoms with Crippen molar-refractivity contribution in [1.29, 1.82) is 0 Å². The smallest absolute Gasteiger partial charge is 0.231 e. The number of aromatic nitrogens is 5. The van der Waals surface area contributed by atoms with E-state index in [1.165, 1.54) is 18.4 Å². The van der Waals surface area contributed by atoms with Crippen LogP contribution in [-0.2, 0) is 6.42 Å². The lowest BCUT2D eigenvalue weighted by Crippen LogP contribution is -2.47. The van der Waals surface area contributed by atoms with Crippen LogP contribution in [0.25, 0.3) is 0 Å². The normalized spacial score (nSPS) is 17.3. The molecule has 4 heterocycles. The van der Waals surface area contributed by atoms with Gasteiger partial charge < -0.3 is 25.2 Å². The summed E-state index contributed by atoms with van der Waals surface area (Å²) in [5, 5.41) is 6.73. The average molecular weight is 524 g/mol. The molecule has 2 fully saturated rings. The molecule has 6 rings (SSSR count). The molecule has 10 heteroatoms. The largest absolute Gasteiger partial charge is 0.492 e. The van der Waals surface area contributed by atoms with Crippen molar-refractivity contribution in [3.8, 4) is 5.75 Å². The van der Waals surface area contributed by atoms with Crippen molar-refractivity contribution in [2.24, 2.45) is 0 Å². The Morgan fingerprint density at radius 1 is 0.821 bits per heavy atom. The van der Waals surface area contributed by atoms with E-state index in [-0.39, 0.29) is 0 Å². The van der Waals surface area contributed by atoms with Gasteiger partial charge in [0.25, 0.3) is 0 Å². The van der Waals surface area contributed by atoms with Crippen LogP contribution >= 0.6 is 0 Å². The Balaban J connectivity index is 1.00. The van der Waals surface area contributed by atoms with Crippen LogP contribution in [0.2, 0.25) is 0 Å². The first-order valence-corrected chi connectivity index (χ1v) is 13.6. The molecule has 4 aromatic rings. The van der Waals surface area contributed by atoms with Gasteiger partial charge in [-0.3, -0.25) is 0 Å². The zero-order valence-corrected chi connectivity index (χ0v) is 21.9. The van der Waals surface area contributed by atoms with Crippen LogP contribution in [0.4, 0.5) is 23.5 Å². The van der Waals surface area contributed by atoms with E-state index < -0.39 is 0 Å². The molecule has 2 N–H and O–H groups in total. The van der Waals surface area contributed by atoms with Gasteiger partial charge in [-0.2, -0.15) is 4.98 Å². The summed E-state index contributed by atoms with van der Waals surface area (Å²) in [5.41, 5.74) is 3.26. The highest BCUT2D eigenvalue weighted by Crippen LogP contribution is 2.21. The fraction of sp³-hybridized carbons (Fsp3) is 0.345. The van der Waals surface area contributed by atoms with Crippen molar-refractivity contribution in [3.63, 3.8) is 0 Å². The van der Waals surface area contributed by atoms with Crippen molar-refractivity contribution >= 4 is 23.5 Å². The van der Waals surface area contributed by atoms with Gasteiger partial charge >= 0.3 is 0 Å². The summed E-state index contributed by atoms with van der Waals surface area (Å²) in [4.78, 5) is 27.0. The summed E-state index contributed by atoms with van der Waals surface area (Å²) in [5.74, 6) is 2.80. The molecule has 2 aliphatic heterocycles. The first-order valence-electron chi connectivity index (χ1n) is 13.6. The summed E-state index contributed by atoms with van der Waals surface area (Å²) >= 11 is 0. The summed E-state index contributed by atoms with van der Waals surface area (Å²) in [6, 6.07) is 18.7. The molecule has 2 saturated heterocycles. The van der Waals surface area contributed by atoms with Gasteiger partial charge in [-0.15, -0.1) is 0 Å². The second-order valence-electron chi connectivity index (χ2n) is 9.89. The van der Waals surface area contributed by atoms with Crippen LogP contribution in [0.1, 0.15) is 24.0 Å². The monoisotopic (exact) mass is 523 g/mol. The third-order valence-corrected chi connectivity index (χ3v) is 7.07. The van der Waals surface area contributed by atoms with E-state index in [2.05, 4.69) is 69.6 Å². The van der Waals surface area contributed by atoms with E-state index in [4.69, 9.17) is 4.74 Å². The molecule has 1 atom stereocenters. The SMILES string of the molecule is c1ccc(Cc2cnc(N3CCN(c4ncnc(Nc5ccc(OC[C@@H]6CCCN6)cc5)n4)CC3)nc2)cc1. The molecule has 2 aromatic carbocycles. The Morgan fingerprint density at radius 3 is 2.28 bits per heavy atom. The van der Waals surface area contributed by atoms with E-state index in [0.29, 0.717) is 24.5 Å². The Hall–Kier alpha value is -4.31. The highest BCUT2D eigenvalue weighted by Gasteiger charge is 2.21. The van der Waals surface area contributed by atoms with E-state index in [0.717, 1.165) is 62.1 Å². The highest BCUT2D eigenvalue weighted by molar-refractivity contribution is 5.55. The van der Waals surface area contributed by atoms with Crippen LogP contribution in [0.15, 0.2) is 73.3 Å². The number of rotatable bonds is 9. The summed E-state index contributed by atoms with van der Waals surface area (Å²) in [7, 11) is 0. The van der Waals surface area contributed by atoms with Crippen LogP contribution in [0.3, 0.4) is 0 Å². The van der Waals surface area contributed by atoms with Crippen molar-refractivity contribution in [3.05, 3.63) is 84.4 Å². The maximum absolute atomic E-state index is 5.91. The Morgan fingerprint density at radius 2 is 1.56 bits per heavy atom. The minimum atomic E-state index is 0.450. The number of benzene rings is 2. The topological polar surface area (TPSA) is 104 Å². The van der Waals surface area contributed by atoms with Crippen LogP contribution in [0, 0.1) is 0 Å². The third-order valence-electron chi connectivity index (χ3n) is 7.07. The minimum absolute atomic E-state index is 0.450. The predicted molar refractivity (Wildman–Crippen MR) is 152 cm³/mol. The summed E-state index contributed by atoms with van der Waals surface area (Å²) in [6.45, 7) is 4.93. The van der Waals surface area contributed by atoms with E-state index >= 15 is 0 Å². The second-order valence-corrected chi connectivity index (χ2v) is 9.89. The zero-order chi connectivity index (χ0) is 26.3. The molecule has 2 aromatic heterocycles. The van der Waals surface area contributed by atoms with Crippen molar-refractivity contribution in [2.75, 3.05) is 54.4 Å². The number of piperazine rings is 1. The molecule has 0 amide bonds. The fourth-order valence-electron chi connectivity index (χ4n) is 4.90. The van der Waals surface area contributed by atoms with Crippen LogP contribution in [0.5, 0.6) is 5.75 Å². The van der Waals surface area contributed by atoms with E-state index in [9.17, 15) is 0 Å². The summed E-state index contributed by atoms with van der Waals surface area (Å²) < 4.78 is 5.91. The first-order chi connectivity index (χ1) is 19.3. The Labute approximate surface area is 228 Å². The van der Waals surface area contributed by atoms with Gasteiger partial charge in [-0.25, -0.2) is 19.9 Å². The van der Waals surface area contributed by atoms with E-state index in [1.807, 2.05) is 42.7 Å². The van der Waals surface area contributed by atoms with Crippen LogP contribution < -0.4 is 25.2 Å². The van der Waals surface area contributed by atoms with Gasteiger partial charge in [-0.1, -0.05) is 30.3 Å². The molecule has 10 nitrogen and oxygen atoms in total. The molecule has 0 bridgehead atoms. The van der Waals surface area contributed by atoms with Gasteiger partial charge in [0.15, 0.2) is 0 Å². The zero-order valence-electron chi connectivity index (χ0n) is 21.9. The van der Waals surface area contributed by atoms with Crippen LogP contribution in [-0.4, -0.2) is 70.3 Å². The number of ether oxygens (including phenoxy) is 1. The molecule has 2 aliphatic rings. The van der Waals surface area contributed by atoms with Crippen molar-refractivity contribution in [2.45, 2.75) is 25.3 Å². The number of hydrogen-bond acceptors (Lipinski definition) is 10. The van der Waals surface area contributed by atoms with Crippen molar-refractivity contribution in [1.82, 2.24) is 30.2 Å². The lowest BCUT2D eigenvalue weighted by molar-refractivity contribution is 0.277. The van der Waals surface area contributed by atoms with Gasteiger partial charge in [0, 0.05) is 56.7 Å². The quantitative estimate of drug-likeness (QED) is 0.339. The molecular weight excluding hydrogens is 490 g/mol. The predicted octanol–water partition coefficient (Wildman–Crippen LogP) is 3.45. The molecular formula is C29H33N9O. The molecule has 39 heavy (non-hydrogen) atoms. The lowest BCUT2D eigenvalue weighted by atomic mass is 10.1. The highest BCUT2D eigenvalue weighted by atomic mass is 16.5. The molecule has 200 valence electrons. The minimum Gasteiger partial charge on any atom is -0.492 e. The summed E-state index contributed by atoms with van der Waals surface area (Å²) in [6.07, 6.45) is 8.64. The lowest BCUT2D eigenvalue weighted by Gasteiger charge is -2.34. The van der Waals surface area contributed by atoms with Gasteiger partial charge in [-0.05, 0) is 54.8 Å². The average Bonchev–Trinajstić information content (AvgIpc) is 3.52. The maximum atomic E-state index is 5.91. The third kappa shape index (κ3) is 6.58.